The Balaban J connectivity index is 2.12. The molecule has 0 aliphatic carbocycles. The van der Waals surface area contributed by atoms with E-state index in [0.29, 0.717) is 5.02 Å². The molecule has 108 valence electrons. The zero-order valence-electron chi connectivity index (χ0n) is 11.3. The molecular weight excluding hydrogens is 280 g/mol. The van der Waals surface area contributed by atoms with Crippen LogP contribution >= 0.6 is 11.6 Å². The van der Waals surface area contributed by atoms with Gasteiger partial charge in [-0.3, -0.25) is 9.59 Å². The van der Waals surface area contributed by atoms with Crippen molar-refractivity contribution in [3.05, 3.63) is 28.8 Å². The molecule has 2 N–H and O–H groups in total. The number of likely N-dealkylation sites (tertiary alicyclic amines) is 1. The average Bonchev–Trinajstić information content (AvgIpc) is 2.93. The highest BCUT2D eigenvalue weighted by atomic mass is 35.5. The van der Waals surface area contributed by atoms with Crippen molar-refractivity contribution in [2.75, 3.05) is 13.1 Å². The van der Waals surface area contributed by atoms with Crippen LogP contribution in [0.5, 0.6) is 5.75 Å². The third-order valence-corrected chi connectivity index (χ3v) is 3.51. The molecule has 0 spiro atoms. The van der Waals surface area contributed by atoms with Gasteiger partial charge in [-0.15, -0.1) is 0 Å². The summed E-state index contributed by atoms with van der Waals surface area (Å²) in [5, 5.41) is 0.393. The third-order valence-electron chi connectivity index (χ3n) is 3.28. The van der Waals surface area contributed by atoms with Crippen molar-refractivity contribution in [3.63, 3.8) is 0 Å². The zero-order chi connectivity index (χ0) is 14.7. The zero-order valence-corrected chi connectivity index (χ0v) is 12.0. The lowest BCUT2D eigenvalue weighted by Gasteiger charge is -2.22. The molecule has 0 radical (unpaired) electrons. The van der Waals surface area contributed by atoms with Gasteiger partial charge in [0, 0.05) is 18.1 Å². The van der Waals surface area contributed by atoms with Gasteiger partial charge in [-0.05, 0) is 38.0 Å². The first kappa shape index (κ1) is 14.7. The lowest BCUT2D eigenvalue weighted by atomic mass is 10.2. The Morgan fingerprint density at radius 3 is 2.60 bits per heavy atom. The number of carbonyl (C=O) groups excluding carboxylic acids is 2. The summed E-state index contributed by atoms with van der Waals surface area (Å²) in [5.74, 6) is -0.432. The van der Waals surface area contributed by atoms with Gasteiger partial charge < -0.3 is 15.4 Å². The molecule has 1 atom stereocenters. The monoisotopic (exact) mass is 296 g/mol. The average molecular weight is 297 g/mol. The summed E-state index contributed by atoms with van der Waals surface area (Å²) in [6, 6.07) is 4.58. The Morgan fingerprint density at radius 2 is 2.00 bits per heavy atom. The van der Waals surface area contributed by atoms with Crippen LogP contribution in [-0.4, -0.2) is 35.9 Å². The number of halogens is 1. The van der Waals surface area contributed by atoms with Crippen LogP contribution in [0.3, 0.4) is 0 Å². The number of carbonyl (C=O) groups is 2. The number of nitrogens with two attached hydrogens (primary N) is 1. The second-order valence-corrected chi connectivity index (χ2v) is 5.23. The first-order valence-corrected chi connectivity index (χ1v) is 6.91. The number of benzene rings is 1. The molecule has 0 bridgehead atoms. The SMILES string of the molecule is C[C@H](Oc1ccc(Cl)cc1C(N)=O)C(=O)N1CCCC1. The number of hydrogen-bond donors (Lipinski definition) is 1. The molecule has 6 heteroatoms. The molecule has 1 heterocycles. The van der Waals surface area contributed by atoms with E-state index in [4.69, 9.17) is 22.1 Å². The quantitative estimate of drug-likeness (QED) is 0.921. The van der Waals surface area contributed by atoms with Crippen LogP contribution in [0.4, 0.5) is 0 Å². The van der Waals surface area contributed by atoms with E-state index in [0.717, 1.165) is 25.9 Å². The Labute approximate surface area is 122 Å². The number of nitrogens with zero attached hydrogens (tertiary/aromatic N) is 1. The molecule has 1 aliphatic rings. The van der Waals surface area contributed by atoms with Gasteiger partial charge in [-0.2, -0.15) is 0 Å². The van der Waals surface area contributed by atoms with Crippen LogP contribution in [0.2, 0.25) is 5.02 Å². The third kappa shape index (κ3) is 3.22. The Hall–Kier alpha value is -1.75. The van der Waals surface area contributed by atoms with Crippen molar-refractivity contribution >= 4 is 23.4 Å². The van der Waals surface area contributed by atoms with Gasteiger partial charge in [0.25, 0.3) is 11.8 Å². The Kier molecular flexibility index (Phi) is 4.49. The summed E-state index contributed by atoms with van der Waals surface area (Å²) >= 11 is 5.83. The highest BCUT2D eigenvalue weighted by Crippen LogP contribution is 2.24. The van der Waals surface area contributed by atoms with E-state index in [1.165, 1.54) is 6.07 Å². The molecule has 2 amide bonds. The minimum Gasteiger partial charge on any atom is -0.480 e. The van der Waals surface area contributed by atoms with Gasteiger partial charge in [-0.1, -0.05) is 11.6 Å². The van der Waals surface area contributed by atoms with Crippen LogP contribution in [0.1, 0.15) is 30.1 Å². The van der Waals surface area contributed by atoms with Gasteiger partial charge in [0.15, 0.2) is 6.10 Å². The summed E-state index contributed by atoms with van der Waals surface area (Å²) in [6.45, 7) is 3.19. The van der Waals surface area contributed by atoms with Crippen LogP contribution in [-0.2, 0) is 4.79 Å². The van der Waals surface area contributed by atoms with Gasteiger partial charge in [0.2, 0.25) is 0 Å². The topological polar surface area (TPSA) is 72.6 Å². The number of rotatable bonds is 4. The van der Waals surface area contributed by atoms with Crippen LogP contribution < -0.4 is 10.5 Å². The van der Waals surface area contributed by atoms with E-state index in [1.807, 2.05) is 0 Å². The Morgan fingerprint density at radius 1 is 1.35 bits per heavy atom. The molecule has 1 fully saturated rings. The van der Waals surface area contributed by atoms with Gasteiger partial charge >= 0.3 is 0 Å². The fraction of sp³-hybridized carbons (Fsp3) is 0.429. The van der Waals surface area contributed by atoms with Crippen LogP contribution in [0.15, 0.2) is 18.2 Å². The molecule has 1 saturated heterocycles. The van der Waals surface area contributed by atoms with Crippen molar-refractivity contribution in [2.24, 2.45) is 5.73 Å². The maximum Gasteiger partial charge on any atom is 0.263 e. The fourth-order valence-corrected chi connectivity index (χ4v) is 2.41. The van der Waals surface area contributed by atoms with Crippen molar-refractivity contribution in [3.8, 4) is 5.75 Å². The highest BCUT2D eigenvalue weighted by Gasteiger charge is 2.25. The molecule has 0 saturated carbocycles. The summed E-state index contributed by atoms with van der Waals surface area (Å²) in [4.78, 5) is 25.3. The minimum atomic E-state index is -0.660. The molecule has 0 unspecified atom stereocenters. The second kappa shape index (κ2) is 6.13. The Bertz CT molecular complexity index is 527. The molecule has 20 heavy (non-hydrogen) atoms. The largest absolute Gasteiger partial charge is 0.480 e. The normalized spacial score (nSPS) is 16.0. The minimum absolute atomic E-state index is 0.0760. The molecule has 5 nitrogen and oxygen atoms in total. The second-order valence-electron chi connectivity index (χ2n) is 4.80. The van der Waals surface area contributed by atoms with E-state index in [9.17, 15) is 9.59 Å². The molecular formula is C14H17ClN2O3. The highest BCUT2D eigenvalue weighted by molar-refractivity contribution is 6.31. The van der Waals surface area contributed by atoms with E-state index < -0.39 is 12.0 Å². The van der Waals surface area contributed by atoms with Gasteiger partial charge in [0.1, 0.15) is 5.75 Å². The summed E-state index contributed by atoms with van der Waals surface area (Å²) in [7, 11) is 0. The van der Waals surface area contributed by atoms with E-state index >= 15 is 0 Å². The maximum absolute atomic E-state index is 12.2. The van der Waals surface area contributed by atoms with Gasteiger partial charge in [-0.25, -0.2) is 0 Å². The molecule has 2 rings (SSSR count). The molecule has 1 aromatic rings. The predicted molar refractivity (Wildman–Crippen MR) is 75.9 cm³/mol. The first-order valence-electron chi connectivity index (χ1n) is 6.54. The number of amides is 2. The molecule has 1 aromatic carbocycles. The lowest BCUT2D eigenvalue weighted by Crippen LogP contribution is -2.38. The smallest absolute Gasteiger partial charge is 0.263 e. The lowest BCUT2D eigenvalue weighted by molar-refractivity contribution is -0.136. The van der Waals surface area contributed by atoms with Crippen molar-refractivity contribution in [2.45, 2.75) is 25.9 Å². The molecule has 1 aliphatic heterocycles. The van der Waals surface area contributed by atoms with E-state index in [2.05, 4.69) is 0 Å². The number of ether oxygens (including phenoxy) is 1. The van der Waals surface area contributed by atoms with Crippen LogP contribution in [0, 0.1) is 0 Å². The number of hydrogen-bond acceptors (Lipinski definition) is 3. The molecule has 0 aromatic heterocycles. The summed E-state index contributed by atoms with van der Waals surface area (Å²) < 4.78 is 5.59. The van der Waals surface area contributed by atoms with Crippen molar-refractivity contribution < 1.29 is 14.3 Å². The fourth-order valence-electron chi connectivity index (χ4n) is 2.23. The van der Waals surface area contributed by atoms with E-state index in [1.54, 1.807) is 24.0 Å². The van der Waals surface area contributed by atoms with Crippen molar-refractivity contribution in [1.82, 2.24) is 4.90 Å². The number of primary amides is 1. The van der Waals surface area contributed by atoms with E-state index in [-0.39, 0.29) is 17.2 Å². The first-order chi connectivity index (χ1) is 9.49. The standard InChI is InChI=1S/C14H17ClN2O3/c1-9(14(19)17-6-2-3-7-17)20-12-5-4-10(15)8-11(12)13(16)18/h4-5,8-9H,2-3,6-7H2,1H3,(H2,16,18)/t9-/m0/s1. The van der Waals surface area contributed by atoms with Gasteiger partial charge in [0.05, 0.1) is 5.56 Å². The predicted octanol–water partition coefficient (Wildman–Crippen LogP) is 1.83. The van der Waals surface area contributed by atoms with Crippen molar-refractivity contribution in [1.29, 1.82) is 0 Å². The summed E-state index contributed by atoms with van der Waals surface area (Å²) in [6.07, 6.45) is 1.38. The summed E-state index contributed by atoms with van der Waals surface area (Å²) in [5.41, 5.74) is 5.46. The van der Waals surface area contributed by atoms with Crippen LogP contribution in [0.25, 0.3) is 0 Å². The maximum atomic E-state index is 12.2.